The van der Waals surface area contributed by atoms with Crippen LogP contribution in [0, 0.1) is 0 Å². The van der Waals surface area contributed by atoms with Crippen LogP contribution >= 0.6 is 38.6 Å². The summed E-state index contributed by atoms with van der Waals surface area (Å²) in [5.74, 6) is -0.319. The highest BCUT2D eigenvalue weighted by Crippen LogP contribution is 2.33. The summed E-state index contributed by atoms with van der Waals surface area (Å²) in [6.45, 7) is 0. The number of halogens is 1. The topological polar surface area (TPSA) is 88.2 Å². The van der Waals surface area contributed by atoms with Gasteiger partial charge in [-0.3, -0.25) is 14.8 Å². The summed E-state index contributed by atoms with van der Waals surface area (Å²) in [4.78, 5) is 18.1. The van der Waals surface area contributed by atoms with E-state index in [0.717, 1.165) is 14.4 Å². The molecular formula is C20H14BrN3O3S3. The molecule has 0 atom stereocenters. The Hall–Kier alpha value is -2.53. The molecule has 0 bridgehead atoms. The molecule has 1 amide bonds. The molecule has 2 N–H and O–H groups in total. The standard InChI is InChI=1S/C20H14BrN3O3S3/c21-18-11-10-17(29-18)16-12-28-20(22-16)23-19(25)13-6-8-14(9-7-13)24-30(26,27)15-4-2-1-3-5-15/h1-12,24H,(H,22,23,25). The van der Waals surface area contributed by atoms with Gasteiger partial charge in [-0.15, -0.1) is 22.7 Å². The van der Waals surface area contributed by atoms with Crippen LogP contribution in [0.5, 0.6) is 0 Å². The number of amides is 1. The third kappa shape index (κ3) is 4.78. The summed E-state index contributed by atoms with van der Waals surface area (Å²) >= 11 is 6.33. The molecule has 0 aliphatic carbocycles. The van der Waals surface area contributed by atoms with Crippen LogP contribution in [-0.4, -0.2) is 19.3 Å². The molecule has 0 fully saturated rings. The second-order valence-corrected chi connectivity index (χ2v) is 11.1. The number of benzene rings is 2. The lowest BCUT2D eigenvalue weighted by Crippen LogP contribution is -2.14. The van der Waals surface area contributed by atoms with E-state index in [1.807, 2.05) is 17.5 Å². The highest BCUT2D eigenvalue weighted by Gasteiger charge is 2.15. The van der Waals surface area contributed by atoms with Crippen LogP contribution in [0.25, 0.3) is 10.6 Å². The third-order valence-corrected chi connectivity index (χ3v) is 7.80. The Morgan fingerprint density at radius 3 is 2.37 bits per heavy atom. The maximum Gasteiger partial charge on any atom is 0.261 e. The first kappa shape index (κ1) is 20.7. The number of hydrogen-bond donors (Lipinski definition) is 2. The van der Waals surface area contributed by atoms with Crippen molar-refractivity contribution in [1.82, 2.24) is 4.98 Å². The molecule has 0 aliphatic heterocycles. The molecule has 2 aromatic carbocycles. The predicted molar refractivity (Wildman–Crippen MR) is 125 cm³/mol. The minimum atomic E-state index is -3.68. The first-order chi connectivity index (χ1) is 14.4. The van der Waals surface area contributed by atoms with Gasteiger partial charge in [0.15, 0.2) is 5.13 Å². The van der Waals surface area contributed by atoms with Crippen LogP contribution in [0.1, 0.15) is 10.4 Å². The van der Waals surface area contributed by atoms with E-state index in [4.69, 9.17) is 0 Å². The highest BCUT2D eigenvalue weighted by molar-refractivity contribution is 9.11. The number of nitrogens with zero attached hydrogens (tertiary/aromatic N) is 1. The minimum Gasteiger partial charge on any atom is -0.298 e. The van der Waals surface area contributed by atoms with Gasteiger partial charge in [-0.2, -0.15) is 0 Å². The smallest absolute Gasteiger partial charge is 0.261 e. The predicted octanol–water partition coefficient (Wildman–Crippen LogP) is 5.69. The molecule has 6 nitrogen and oxygen atoms in total. The van der Waals surface area contributed by atoms with Gasteiger partial charge in [-0.25, -0.2) is 13.4 Å². The zero-order valence-electron chi connectivity index (χ0n) is 15.2. The molecule has 0 saturated carbocycles. The summed E-state index contributed by atoms with van der Waals surface area (Å²) in [5, 5.41) is 5.15. The van der Waals surface area contributed by atoms with Gasteiger partial charge in [0.05, 0.1) is 19.3 Å². The van der Waals surface area contributed by atoms with Gasteiger partial charge in [-0.1, -0.05) is 18.2 Å². The van der Waals surface area contributed by atoms with Crippen molar-refractivity contribution in [2.75, 3.05) is 10.0 Å². The fraction of sp³-hybridized carbons (Fsp3) is 0. The van der Waals surface area contributed by atoms with Crippen molar-refractivity contribution in [3.8, 4) is 10.6 Å². The molecule has 152 valence electrons. The average molecular weight is 520 g/mol. The van der Waals surface area contributed by atoms with Crippen molar-refractivity contribution in [2.24, 2.45) is 0 Å². The van der Waals surface area contributed by atoms with E-state index in [0.29, 0.717) is 16.4 Å². The molecular weight excluding hydrogens is 506 g/mol. The van der Waals surface area contributed by atoms with Crippen LogP contribution < -0.4 is 10.0 Å². The summed E-state index contributed by atoms with van der Waals surface area (Å²) in [6, 6.07) is 18.2. The van der Waals surface area contributed by atoms with Crippen molar-refractivity contribution >= 4 is 65.4 Å². The number of aromatic nitrogens is 1. The zero-order valence-corrected chi connectivity index (χ0v) is 19.2. The van der Waals surface area contributed by atoms with Crippen molar-refractivity contribution in [3.05, 3.63) is 81.5 Å². The monoisotopic (exact) mass is 519 g/mol. The van der Waals surface area contributed by atoms with Gasteiger partial charge in [0.1, 0.15) is 0 Å². The van der Waals surface area contributed by atoms with Crippen LogP contribution in [0.2, 0.25) is 0 Å². The largest absolute Gasteiger partial charge is 0.298 e. The number of thiophene rings is 1. The maximum atomic E-state index is 12.5. The quantitative estimate of drug-likeness (QED) is 0.342. The number of carbonyl (C=O) groups is 1. The second kappa shape index (κ2) is 8.68. The van der Waals surface area contributed by atoms with Crippen LogP contribution in [0.15, 0.2) is 80.8 Å². The fourth-order valence-corrected chi connectivity index (χ4v) is 5.78. The highest BCUT2D eigenvalue weighted by atomic mass is 79.9. The number of sulfonamides is 1. The molecule has 4 rings (SSSR count). The number of nitrogens with one attached hydrogen (secondary N) is 2. The number of anilines is 2. The zero-order chi connectivity index (χ0) is 21.1. The maximum absolute atomic E-state index is 12.5. The average Bonchev–Trinajstić information content (AvgIpc) is 3.38. The Kier molecular flexibility index (Phi) is 6.00. The van der Waals surface area contributed by atoms with Gasteiger partial charge in [0, 0.05) is 16.6 Å². The molecule has 30 heavy (non-hydrogen) atoms. The van der Waals surface area contributed by atoms with Crippen LogP contribution in [-0.2, 0) is 10.0 Å². The lowest BCUT2D eigenvalue weighted by Gasteiger charge is -2.08. The first-order valence-electron chi connectivity index (χ1n) is 8.61. The molecule has 0 spiro atoms. The Balaban J connectivity index is 1.43. The molecule has 4 aromatic rings. The Morgan fingerprint density at radius 1 is 0.967 bits per heavy atom. The summed E-state index contributed by atoms with van der Waals surface area (Å²) in [7, 11) is -3.68. The molecule has 2 heterocycles. The second-order valence-electron chi connectivity index (χ2n) is 6.09. The van der Waals surface area contributed by atoms with Gasteiger partial charge >= 0.3 is 0 Å². The van der Waals surface area contributed by atoms with Gasteiger partial charge in [-0.05, 0) is 64.5 Å². The Morgan fingerprint density at radius 2 is 1.70 bits per heavy atom. The van der Waals surface area contributed by atoms with Crippen molar-refractivity contribution < 1.29 is 13.2 Å². The molecule has 0 aliphatic rings. The van der Waals surface area contributed by atoms with Crippen LogP contribution in [0.4, 0.5) is 10.8 Å². The number of carbonyl (C=O) groups excluding carboxylic acids is 1. The minimum absolute atomic E-state index is 0.171. The van der Waals surface area contributed by atoms with Crippen molar-refractivity contribution in [2.45, 2.75) is 4.90 Å². The molecule has 0 radical (unpaired) electrons. The summed E-state index contributed by atoms with van der Waals surface area (Å²) < 4.78 is 28.3. The van der Waals surface area contributed by atoms with Gasteiger partial charge < -0.3 is 0 Å². The summed E-state index contributed by atoms with van der Waals surface area (Å²) in [5.41, 5.74) is 1.57. The van der Waals surface area contributed by atoms with Crippen molar-refractivity contribution in [1.29, 1.82) is 0 Å². The van der Waals surface area contributed by atoms with E-state index in [1.54, 1.807) is 53.8 Å². The van der Waals surface area contributed by atoms with Gasteiger partial charge in [0.2, 0.25) is 0 Å². The molecule has 0 saturated heterocycles. The molecule has 2 aromatic heterocycles. The lowest BCUT2D eigenvalue weighted by atomic mass is 10.2. The van der Waals surface area contributed by atoms with E-state index in [2.05, 4.69) is 31.0 Å². The third-order valence-electron chi connectivity index (χ3n) is 4.00. The van der Waals surface area contributed by atoms with E-state index in [-0.39, 0.29) is 10.8 Å². The van der Waals surface area contributed by atoms with E-state index >= 15 is 0 Å². The lowest BCUT2D eigenvalue weighted by molar-refractivity contribution is 0.102. The SMILES string of the molecule is O=C(Nc1nc(-c2ccc(Br)s2)cs1)c1ccc(NS(=O)(=O)c2ccccc2)cc1. The Bertz CT molecular complexity index is 1280. The van der Waals surface area contributed by atoms with E-state index in [1.165, 1.54) is 23.5 Å². The molecule has 10 heteroatoms. The number of hydrogen-bond acceptors (Lipinski definition) is 6. The van der Waals surface area contributed by atoms with Crippen LogP contribution in [0.3, 0.4) is 0 Å². The first-order valence-corrected chi connectivity index (χ1v) is 12.6. The normalized spacial score (nSPS) is 11.2. The van der Waals surface area contributed by atoms with E-state index in [9.17, 15) is 13.2 Å². The number of thiazole rings is 1. The Labute approximate surface area is 189 Å². The fourth-order valence-electron chi connectivity index (χ4n) is 2.57. The summed E-state index contributed by atoms with van der Waals surface area (Å²) in [6.07, 6.45) is 0. The van der Waals surface area contributed by atoms with Crippen molar-refractivity contribution in [3.63, 3.8) is 0 Å². The van der Waals surface area contributed by atoms with E-state index < -0.39 is 10.0 Å². The van der Waals surface area contributed by atoms with Gasteiger partial charge in [0.25, 0.3) is 15.9 Å². The number of rotatable bonds is 6. The molecule has 0 unspecified atom stereocenters.